The molecule has 2 nitrogen and oxygen atoms in total. The first-order valence-electron chi connectivity index (χ1n) is 6.50. The molecule has 0 spiro atoms. The number of hydrogen-bond acceptors (Lipinski definition) is 2. The Labute approximate surface area is 117 Å². The molecule has 0 aliphatic rings. The summed E-state index contributed by atoms with van der Waals surface area (Å²) in [6, 6.07) is 11.3. The van der Waals surface area contributed by atoms with Gasteiger partial charge in [0.05, 0.1) is 12.6 Å². The van der Waals surface area contributed by atoms with E-state index in [1.807, 2.05) is 31.2 Å². The first kappa shape index (κ1) is 14.5. The van der Waals surface area contributed by atoms with Crippen LogP contribution in [0.25, 0.3) is 0 Å². The molecule has 2 aromatic rings. The summed E-state index contributed by atoms with van der Waals surface area (Å²) in [6.45, 7) is 2.50. The van der Waals surface area contributed by atoms with Gasteiger partial charge in [-0.15, -0.1) is 0 Å². The van der Waals surface area contributed by atoms with Gasteiger partial charge in [-0.1, -0.05) is 18.2 Å². The average Bonchev–Trinajstić information content (AvgIpc) is 2.44. The molecule has 1 unspecified atom stereocenters. The molecule has 0 heterocycles. The molecule has 106 valence electrons. The molecule has 0 fully saturated rings. The summed E-state index contributed by atoms with van der Waals surface area (Å²) >= 11 is 0. The Kier molecular flexibility index (Phi) is 4.69. The van der Waals surface area contributed by atoms with Crippen molar-refractivity contribution >= 4 is 0 Å². The number of halogens is 2. The van der Waals surface area contributed by atoms with Gasteiger partial charge in [0.1, 0.15) is 5.75 Å². The molecule has 0 saturated heterocycles. The highest BCUT2D eigenvalue weighted by Crippen LogP contribution is 2.26. The highest BCUT2D eigenvalue weighted by molar-refractivity contribution is 5.37. The Hall–Kier alpha value is -1.94. The Morgan fingerprint density at radius 1 is 1.05 bits per heavy atom. The predicted molar refractivity (Wildman–Crippen MR) is 74.9 cm³/mol. The van der Waals surface area contributed by atoms with Gasteiger partial charge in [-0.25, -0.2) is 8.78 Å². The summed E-state index contributed by atoms with van der Waals surface area (Å²) in [5.74, 6) is -0.928. The quantitative estimate of drug-likeness (QED) is 0.900. The van der Waals surface area contributed by atoms with E-state index in [9.17, 15) is 8.78 Å². The molecule has 2 aromatic carbocycles. The second kappa shape index (κ2) is 6.48. The lowest BCUT2D eigenvalue weighted by atomic mass is 9.98. The maximum atomic E-state index is 13.4. The van der Waals surface area contributed by atoms with Crippen LogP contribution in [0.4, 0.5) is 8.78 Å². The Morgan fingerprint density at radius 3 is 2.45 bits per heavy atom. The van der Waals surface area contributed by atoms with Crippen LogP contribution in [-0.4, -0.2) is 13.7 Å². The van der Waals surface area contributed by atoms with Gasteiger partial charge in [-0.05, 0) is 49.4 Å². The van der Waals surface area contributed by atoms with Gasteiger partial charge in [0.2, 0.25) is 0 Å². The van der Waals surface area contributed by atoms with Gasteiger partial charge in [-0.2, -0.15) is 0 Å². The van der Waals surface area contributed by atoms with E-state index in [2.05, 4.69) is 5.32 Å². The normalized spacial score (nSPS) is 12.2. The largest absolute Gasteiger partial charge is 0.494 e. The molecule has 0 radical (unpaired) electrons. The van der Waals surface area contributed by atoms with E-state index in [-0.39, 0.29) is 6.04 Å². The minimum absolute atomic E-state index is 0.217. The molecule has 0 aliphatic heterocycles. The standard InChI is InChI=1S/C16H17F2NO/c1-3-20-13-6-4-5-11(9-13)16(19-2)12-7-8-14(17)15(18)10-12/h4-10,16,19H,3H2,1-2H3. The van der Waals surface area contributed by atoms with Crippen molar-refractivity contribution in [3.63, 3.8) is 0 Å². The SMILES string of the molecule is CCOc1cccc(C(NC)c2ccc(F)c(F)c2)c1. The second-order valence-corrected chi connectivity index (χ2v) is 4.40. The van der Waals surface area contributed by atoms with Crippen LogP contribution in [0, 0.1) is 11.6 Å². The third-order valence-electron chi connectivity index (χ3n) is 3.07. The number of nitrogens with one attached hydrogen (secondary N) is 1. The van der Waals surface area contributed by atoms with Crippen LogP contribution >= 0.6 is 0 Å². The van der Waals surface area contributed by atoms with Crippen molar-refractivity contribution in [2.24, 2.45) is 0 Å². The van der Waals surface area contributed by atoms with Gasteiger partial charge in [0, 0.05) is 0 Å². The van der Waals surface area contributed by atoms with E-state index in [1.54, 1.807) is 13.1 Å². The summed E-state index contributed by atoms with van der Waals surface area (Å²) < 4.78 is 31.8. The van der Waals surface area contributed by atoms with Crippen LogP contribution in [0.15, 0.2) is 42.5 Å². The second-order valence-electron chi connectivity index (χ2n) is 4.40. The molecule has 0 aromatic heterocycles. The molecule has 1 atom stereocenters. The monoisotopic (exact) mass is 277 g/mol. The van der Waals surface area contributed by atoms with Crippen LogP contribution in [0.5, 0.6) is 5.75 Å². The van der Waals surface area contributed by atoms with E-state index in [0.29, 0.717) is 12.2 Å². The van der Waals surface area contributed by atoms with Gasteiger partial charge in [0.15, 0.2) is 11.6 Å². The smallest absolute Gasteiger partial charge is 0.159 e. The molecular weight excluding hydrogens is 260 g/mol. The molecule has 0 saturated carbocycles. The Morgan fingerprint density at radius 2 is 1.80 bits per heavy atom. The summed E-state index contributed by atoms with van der Waals surface area (Å²) in [5, 5.41) is 3.11. The Bertz CT molecular complexity index is 586. The van der Waals surface area contributed by atoms with Crippen molar-refractivity contribution in [2.45, 2.75) is 13.0 Å². The fourth-order valence-corrected chi connectivity index (χ4v) is 2.17. The summed E-state index contributed by atoms with van der Waals surface area (Å²) in [4.78, 5) is 0. The number of rotatable bonds is 5. The van der Waals surface area contributed by atoms with Crippen LogP contribution in [-0.2, 0) is 0 Å². The third-order valence-corrected chi connectivity index (χ3v) is 3.07. The van der Waals surface area contributed by atoms with Crippen LogP contribution in [0.1, 0.15) is 24.1 Å². The fraction of sp³-hybridized carbons (Fsp3) is 0.250. The van der Waals surface area contributed by atoms with E-state index in [0.717, 1.165) is 17.4 Å². The topological polar surface area (TPSA) is 21.3 Å². The zero-order chi connectivity index (χ0) is 14.5. The minimum atomic E-state index is -0.844. The maximum absolute atomic E-state index is 13.4. The van der Waals surface area contributed by atoms with Crippen LogP contribution in [0.2, 0.25) is 0 Å². The molecule has 0 bridgehead atoms. The molecule has 20 heavy (non-hydrogen) atoms. The number of benzene rings is 2. The van der Waals surface area contributed by atoms with Gasteiger partial charge in [-0.3, -0.25) is 0 Å². The number of ether oxygens (including phenoxy) is 1. The number of hydrogen-bond donors (Lipinski definition) is 1. The molecule has 1 N–H and O–H groups in total. The Balaban J connectivity index is 2.36. The maximum Gasteiger partial charge on any atom is 0.159 e. The lowest BCUT2D eigenvalue weighted by molar-refractivity contribution is 0.339. The minimum Gasteiger partial charge on any atom is -0.494 e. The average molecular weight is 277 g/mol. The molecule has 4 heteroatoms. The molecule has 2 rings (SSSR count). The van der Waals surface area contributed by atoms with Crippen molar-refractivity contribution in [2.75, 3.05) is 13.7 Å². The highest BCUT2D eigenvalue weighted by Gasteiger charge is 2.14. The molecule has 0 aliphatic carbocycles. The van der Waals surface area contributed by atoms with E-state index < -0.39 is 11.6 Å². The molecule has 0 amide bonds. The summed E-state index contributed by atoms with van der Waals surface area (Å²) in [7, 11) is 1.78. The first-order chi connectivity index (χ1) is 9.65. The molecular formula is C16H17F2NO. The van der Waals surface area contributed by atoms with Gasteiger partial charge < -0.3 is 10.1 Å². The fourth-order valence-electron chi connectivity index (χ4n) is 2.17. The van der Waals surface area contributed by atoms with Crippen LogP contribution < -0.4 is 10.1 Å². The van der Waals surface area contributed by atoms with E-state index in [1.165, 1.54) is 6.07 Å². The zero-order valence-corrected chi connectivity index (χ0v) is 11.5. The van der Waals surface area contributed by atoms with E-state index in [4.69, 9.17) is 4.74 Å². The first-order valence-corrected chi connectivity index (χ1v) is 6.50. The summed E-state index contributed by atoms with van der Waals surface area (Å²) in [6.07, 6.45) is 0. The lowest BCUT2D eigenvalue weighted by Crippen LogP contribution is -2.18. The van der Waals surface area contributed by atoms with Crippen molar-refractivity contribution in [1.29, 1.82) is 0 Å². The highest BCUT2D eigenvalue weighted by atomic mass is 19.2. The predicted octanol–water partition coefficient (Wildman–Crippen LogP) is 3.67. The van der Waals surface area contributed by atoms with Crippen molar-refractivity contribution in [1.82, 2.24) is 5.32 Å². The van der Waals surface area contributed by atoms with Gasteiger partial charge >= 0.3 is 0 Å². The zero-order valence-electron chi connectivity index (χ0n) is 11.5. The third kappa shape index (κ3) is 3.14. The lowest BCUT2D eigenvalue weighted by Gasteiger charge is -2.18. The van der Waals surface area contributed by atoms with E-state index >= 15 is 0 Å². The van der Waals surface area contributed by atoms with Crippen molar-refractivity contribution < 1.29 is 13.5 Å². The van der Waals surface area contributed by atoms with Crippen molar-refractivity contribution in [3.05, 3.63) is 65.2 Å². The van der Waals surface area contributed by atoms with Crippen LogP contribution in [0.3, 0.4) is 0 Å². The van der Waals surface area contributed by atoms with Crippen molar-refractivity contribution in [3.8, 4) is 5.75 Å². The summed E-state index contributed by atoms with van der Waals surface area (Å²) in [5.41, 5.74) is 1.60. The van der Waals surface area contributed by atoms with Gasteiger partial charge in [0.25, 0.3) is 0 Å².